The van der Waals surface area contributed by atoms with E-state index in [0.717, 1.165) is 18.7 Å². The number of piperidine rings is 1. The lowest BCUT2D eigenvalue weighted by Gasteiger charge is -2.35. The number of nitrogens with zero attached hydrogens (tertiary/aromatic N) is 1. The molecule has 0 aromatic heterocycles. The van der Waals surface area contributed by atoms with Gasteiger partial charge in [0.1, 0.15) is 5.60 Å². The number of carbonyl (C=O) groups excluding carboxylic acids is 1. The van der Waals surface area contributed by atoms with E-state index >= 15 is 0 Å². The maximum Gasteiger partial charge on any atom is 0.252 e. The van der Waals surface area contributed by atoms with Gasteiger partial charge < -0.3 is 15.4 Å². The number of hydrogen-bond donors (Lipinski definition) is 2. The third-order valence-electron chi connectivity index (χ3n) is 4.72. The second-order valence-electron chi connectivity index (χ2n) is 6.50. The standard InChI is InChI=1S/C17H27N3O4S/c1-13(19-16(21)17(24-4)9-11-18-12-10-17)14-5-7-15(8-6-14)25(22,23)20(2)3/h5-8,13,18H,9-12H2,1-4H3,(H,19,21). The summed E-state index contributed by atoms with van der Waals surface area (Å²) >= 11 is 0. The predicted molar refractivity (Wildman–Crippen MR) is 95.7 cm³/mol. The minimum atomic E-state index is -3.45. The summed E-state index contributed by atoms with van der Waals surface area (Å²) in [6, 6.07) is 6.32. The van der Waals surface area contributed by atoms with E-state index in [2.05, 4.69) is 10.6 Å². The highest BCUT2D eigenvalue weighted by Crippen LogP contribution is 2.25. The van der Waals surface area contributed by atoms with E-state index in [4.69, 9.17) is 4.74 Å². The maximum absolute atomic E-state index is 12.7. The fourth-order valence-electron chi connectivity index (χ4n) is 2.91. The molecule has 1 aromatic carbocycles. The van der Waals surface area contributed by atoms with E-state index in [1.54, 1.807) is 31.4 Å². The fourth-order valence-corrected chi connectivity index (χ4v) is 3.81. The zero-order valence-electron chi connectivity index (χ0n) is 15.2. The molecule has 1 amide bonds. The Morgan fingerprint density at radius 1 is 1.24 bits per heavy atom. The molecule has 8 heteroatoms. The van der Waals surface area contributed by atoms with E-state index in [9.17, 15) is 13.2 Å². The van der Waals surface area contributed by atoms with Crippen LogP contribution < -0.4 is 10.6 Å². The SMILES string of the molecule is COC1(C(=O)NC(C)c2ccc(S(=O)(=O)N(C)C)cc2)CCNCC1. The third-order valence-corrected chi connectivity index (χ3v) is 6.55. The number of nitrogens with one attached hydrogen (secondary N) is 2. The second kappa shape index (κ2) is 7.82. The van der Waals surface area contributed by atoms with Crippen molar-refractivity contribution in [2.24, 2.45) is 0 Å². The van der Waals surface area contributed by atoms with Crippen molar-refractivity contribution in [2.45, 2.75) is 36.3 Å². The normalized spacial score (nSPS) is 18.8. The number of methoxy groups -OCH3 is 1. The molecule has 0 spiro atoms. The Morgan fingerprint density at radius 3 is 2.28 bits per heavy atom. The van der Waals surface area contributed by atoms with Crippen LogP contribution in [-0.4, -0.2) is 58.5 Å². The van der Waals surface area contributed by atoms with Gasteiger partial charge in [0.05, 0.1) is 10.9 Å². The topological polar surface area (TPSA) is 87.7 Å². The van der Waals surface area contributed by atoms with Crippen molar-refractivity contribution in [1.29, 1.82) is 0 Å². The summed E-state index contributed by atoms with van der Waals surface area (Å²) in [6.45, 7) is 3.36. The molecule has 7 nitrogen and oxygen atoms in total. The summed E-state index contributed by atoms with van der Waals surface area (Å²) in [7, 11) is 1.10. The molecule has 1 atom stereocenters. The molecule has 0 bridgehead atoms. The van der Waals surface area contributed by atoms with Gasteiger partial charge in [0, 0.05) is 21.2 Å². The Balaban J connectivity index is 2.10. The molecular weight excluding hydrogens is 342 g/mol. The highest BCUT2D eigenvalue weighted by Gasteiger charge is 2.40. The summed E-state index contributed by atoms with van der Waals surface area (Å²) in [5, 5.41) is 6.21. The number of benzene rings is 1. The van der Waals surface area contributed by atoms with E-state index in [-0.39, 0.29) is 16.8 Å². The average Bonchev–Trinajstić information content (AvgIpc) is 2.62. The number of carbonyl (C=O) groups is 1. The molecule has 25 heavy (non-hydrogen) atoms. The molecule has 2 rings (SSSR count). The minimum Gasteiger partial charge on any atom is -0.368 e. The molecule has 1 aromatic rings. The number of amides is 1. The highest BCUT2D eigenvalue weighted by molar-refractivity contribution is 7.89. The van der Waals surface area contributed by atoms with Crippen LogP contribution in [0.3, 0.4) is 0 Å². The molecule has 1 aliphatic rings. The van der Waals surface area contributed by atoms with Gasteiger partial charge in [-0.15, -0.1) is 0 Å². The lowest BCUT2D eigenvalue weighted by molar-refractivity contribution is -0.147. The van der Waals surface area contributed by atoms with Crippen LogP contribution >= 0.6 is 0 Å². The Kier molecular flexibility index (Phi) is 6.21. The maximum atomic E-state index is 12.7. The average molecular weight is 369 g/mol. The van der Waals surface area contributed by atoms with Crippen molar-refractivity contribution in [1.82, 2.24) is 14.9 Å². The molecule has 1 aliphatic heterocycles. The number of hydrogen-bond acceptors (Lipinski definition) is 5. The molecule has 0 radical (unpaired) electrons. The predicted octanol–water partition coefficient (Wildman–Crippen LogP) is 0.883. The highest BCUT2D eigenvalue weighted by atomic mass is 32.2. The van der Waals surface area contributed by atoms with Crippen LogP contribution in [0.4, 0.5) is 0 Å². The summed E-state index contributed by atoms with van der Waals surface area (Å²) in [4.78, 5) is 12.9. The van der Waals surface area contributed by atoms with Gasteiger partial charge in [-0.1, -0.05) is 12.1 Å². The largest absolute Gasteiger partial charge is 0.368 e. The summed E-state index contributed by atoms with van der Waals surface area (Å²) < 4.78 is 30.9. The lowest BCUT2D eigenvalue weighted by Crippen LogP contribution is -2.54. The van der Waals surface area contributed by atoms with Gasteiger partial charge in [0.2, 0.25) is 10.0 Å². The molecule has 1 saturated heterocycles. The first kappa shape index (κ1) is 19.8. The van der Waals surface area contributed by atoms with E-state index in [0.29, 0.717) is 12.8 Å². The van der Waals surface area contributed by atoms with Crippen LogP contribution in [0.2, 0.25) is 0 Å². The van der Waals surface area contributed by atoms with Gasteiger partial charge in [-0.2, -0.15) is 0 Å². The van der Waals surface area contributed by atoms with Crippen LogP contribution in [0, 0.1) is 0 Å². The van der Waals surface area contributed by atoms with Crippen molar-refractivity contribution in [2.75, 3.05) is 34.3 Å². The van der Waals surface area contributed by atoms with Gasteiger partial charge in [-0.3, -0.25) is 4.79 Å². The third kappa shape index (κ3) is 4.20. The van der Waals surface area contributed by atoms with Crippen molar-refractivity contribution in [3.05, 3.63) is 29.8 Å². The first-order chi connectivity index (χ1) is 11.7. The molecule has 140 valence electrons. The molecule has 1 heterocycles. The van der Waals surface area contributed by atoms with Crippen LogP contribution in [0.1, 0.15) is 31.4 Å². The zero-order valence-corrected chi connectivity index (χ0v) is 16.0. The molecular formula is C17H27N3O4S. The summed E-state index contributed by atoms with van der Waals surface area (Å²) in [5.74, 6) is -0.131. The first-order valence-electron chi connectivity index (χ1n) is 8.32. The van der Waals surface area contributed by atoms with Gasteiger partial charge >= 0.3 is 0 Å². The summed E-state index contributed by atoms with van der Waals surface area (Å²) in [5.41, 5.74) is 0.0412. The van der Waals surface area contributed by atoms with Gasteiger partial charge in [-0.05, 0) is 50.6 Å². The van der Waals surface area contributed by atoms with E-state index in [1.807, 2.05) is 6.92 Å². The number of rotatable bonds is 6. The van der Waals surface area contributed by atoms with Crippen molar-refractivity contribution < 1.29 is 17.9 Å². The quantitative estimate of drug-likeness (QED) is 0.777. The minimum absolute atomic E-state index is 0.131. The number of ether oxygens (including phenoxy) is 1. The number of sulfonamides is 1. The Hall–Kier alpha value is -1.48. The monoisotopic (exact) mass is 369 g/mol. The van der Waals surface area contributed by atoms with Crippen LogP contribution in [0.5, 0.6) is 0 Å². The molecule has 0 saturated carbocycles. The molecule has 2 N–H and O–H groups in total. The molecule has 1 unspecified atom stereocenters. The van der Waals surface area contributed by atoms with E-state index < -0.39 is 15.6 Å². The Bertz CT molecular complexity index is 695. The van der Waals surface area contributed by atoms with E-state index in [1.165, 1.54) is 18.4 Å². The Morgan fingerprint density at radius 2 is 1.80 bits per heavy atom. The van der Waals surface area contributed by atoms with Gasteiger partial charge in [-0.25, -0.2) is 12.7 Å². The van der Waals surface area contributed by atoms with Crippen molar-refractivity contribution >= 4 is 15.9 Å². The zero-order chi connectivity index (χ0) is 18.7. The van der Waals surface area contributed by atoms with Crippen molar-refractivity contribution in [3.63, 3.8) is 0 Å². The summed E-state index contributed by atoms with van der Waals surface area (Å²) in [6.07, 6.45) is 1.25. The Labute approximate surface area is 149 Å². The first-order valence-corrected chi connectivity index (χ1v) is 9.76. The van der Waals surface area contributed by atoms with Crippen LogP contribution in [-0.2, 0) is 19.6 Å². The van der Waals surface area contributed by atoms with Crippen LogP contribution in [0.15, 0.2) is 29.2 Å². The fraction of sp³-hybridized carbons (Fsp3) is 0.588. The van der Waals surface area contributed by atoms with Crippen molar-refractivity contribution in [3.8, 4) is 0 Å². The molecule has 1 fully saturated rings. The van der Waals surface area contributed by atoms with Crippen LogP contribution in [0.25, 0.3) is 0 Å². The van der Waals surface area contributed by atoms with Gasteiger partial charge in [0.15, 0.2) is 0 Å². The second-order valence-corrected chi connectivity index (χ2v) is 8.65. The van der Waals surface area contributed by atoms with Gasteiger partial charge in [0.25, 0.3) is 5.91 Å². The smallest absolute Gasteiger partial charge is 0.252 e. The lowest BCUT2D eigenvalue weighted by atomic mass is 9.90. The molecule has 0 aliphatic carbocycles.